The lowest BCUT2D eigenvalue weighted by Gasteiger charge is -2.32. The molecule has 1 N–H and O–H groups in total. The SMILES string of the molecule is CCOC(=O)C1=NN(CC(=O)c2ccccc2)C(O)(c2ccc(Cl)cc2)C1. The molecule has 0 spiro atoms. The van der Waals surface area contributed by atoms with Gasteiger partial charge in [-0.3, -0.25) is 9.80 Å². The molecule has 3 rings (SSSR count). The van der Waals surface area contributed by atoms with Crippen LogP contribution in [0.5, 0.6) is 0 Å². The van der Waals surface area contributed by atoms with E-state index in [-0.39, 0.29) is 31.1 Å². The molecule has 0 fully saturated rings. The van der Waals surface area contributed by atoms with E-state index in [1.54, 1.807) is 55.5 Å². The number of carbonyl (C=O) groups excluding carboxylic acids is 2. The number of carbonyl (C=O) groups is 2. The Balaban J connectivity index is 1.92. The highest BCUT2D eigenvalue weighted by atomic mass is 35.5. The standard InChI is InChI=1S/C20H19ClN2O4/c1-2-27-19(25)17-12-20(26,15-8-10-16(21)11-9-15)23(22-17)13-18(24)14-6-4-3-5-7-14/h3-11,26H,2,12-13H2,1H3. The van der Waals surface area contributed by atoms with Gasteiger partial charge in [0.1, 0.15) is 6.54 Å². The van der Waals surface area contributed by atoms with Crippen LogP contribution in [0.1, 0.15) is 29.3 Å². The number of esters is 1. The molecule has 0 aromatic heterocycles. The van der Waals surface area contributed by atoms with Crippen LogP contribution in [0.2, 0.25) is 5.02 Å². The maximum Gasteiger partial charge on any atom is 0.354 e. The third-order valence-electron chi connectivity index (χ3n) is 4.29. The van der Waals surface area contributed by atoms with Gasteiger partial charge in [0.15, 0.2) is 17.2 Å². The van der Waals surface area contributed by atoms with Gasteiger partial charge in [0.2, 0.25) is 0 Å². The summed E-state index contributed by atoms with van der Waals surface area (Å²) in [4.78, 5) is 24.7. The molecule has 0 bridgehead atoms. The minimum absolute atomic E-state index is 0.0650. The van der Waals surface area contributed by atoms with Gasteiger partial charge >= 0.3 is 5.97 Å². The lowest BCUT2D eigenvalue weighted by Crippen LogP contribution is -2.42. The molecule has 0 amide bonds. The fraction of sp³-hybridized carbons (Fsp3) is 0.250. The second-order valence-corrected chi connectivity index (χ2v) is 6.55. The van der Waals surface area contributed by atoms with Crippen molar-refractivity contribution in [2.45, 2.75) is 19.1 Å². The van der Waals surface area contributed by atoms with E-state index < -0.39 is 11.7 Å². The number of rotatable bonds is 6. The van der Waals surface area contributed by atoms with Crippen molar-refractivity contribution < 1.29 is 19.4 Å². The van der Waals surface area contributed by atoms with Gasteiger partial charge in [-0.05, 0) is 19.1 Å². The van der Waals surface area contributed by atoms with Gasteiger partial charge in [0.25, 0.3) is 0 Å². The van der Waals surface area contributed by atoms with Crippen LogP contribution in [0.25, 0.3) is 0 Å². The molecule has 1 aliphatic heterocycles. The first-order chi connectivity index (χ1) is 12.9. The summed E-state index contributed by atoms with van der Waals surface area (Å²) in [5.41, 5.74) is -0.598. The van der Waals surface area contributed by atoms with Crippen molar-refractivity contribution in [1.82, 2.24) is 5.01 Å². The molecule has 0 radical (unpaired) electrons. The Morgan fingerprint density at radius 3 is 2.48 bits per heavy atom. The summed E-state index contributed by atoms with van der Waals surface area (Å²) in [5, 5.41) is 17.2. The number of Topliss-reactive ketones (excluding diaryl/α,β-unsaturated/α-hetero) is 1. The third kappa shape index (κ3) is 4.02. The van der Waals surface area contributed by atoms with E-state index in [0.717, 1.165) is 0 Å². The van der Waals surface area contributed by atoms with Gasteiger partial charge in [-0.2, -0.15) is 5.10 Å². The Morgan fingerprint density at radius 2 is 1.85 bits per heavy atom. The quantitative estimate of drug-likeness (QED) is 0.610. The van der Waals surface area contributed by atoms with Gasteiger partial charge in [-0.25, -0.2) is 4.79 Å². The van der Waals surface area contributed by atoms with Crippen LogP contribution in [0.4, 0.5) is 0 Å². The number of hydrazone groups is 1. The fourth-order valence-corrected chi connectivity index (χ4v) is 3.03. The van der Waals surface area contributed by atoms with Crippen molar-refractivity contribution in [2.75, 3.05) is 13.2 Å². The number of ether oxygens (including phenoxy) is 1. The normalized spacial score (nSPS) is 18.9. The van der Waals surface area contributed by atoms with Gasteiger partial charge in [-0.15, -0.1) is 0 Å². The first-order valence-corrected chi connectivity index (χ1v) is 8.90. The number of halogens is 1. The summed E-state index contributed by atoms with van der Waals surface area (Å²) in [6, 6.07) is 15.3. The monoisotopic (exact) mass is 386 g/mol. The number of aliphatic hydroxyl groups is 1. The highest BCUT2D eigenvalue weighted by Crippen LogP contribution is 2.36. The van der Waals surface area contributed by atoms with Crippen molar-refractivity contribution in [3.63, 3.8) is 0 Å². The first-order valence-electron chi connectivity index (χ1n) is 8.53. The molecule has 27 heavy (non-hydrogen) atoms. The molecule has 1 heterocycles. The Morgan fingerprint density at radius 1 is 1.19 bits per heavy atom. The summed E-state index contributed by atoms with van der Waals surface area (Å²) < 4.78 is 5.00. The minimum atomic E-state index is -1.64. The van der Waals surface area contributed by atoms with E-state index in [0.29, 0.717) is 16.1 Å². The topological polar surface area (TPSA) is 79.2 Å². The third-order valence-corrected chi connectivity index (χ3v) is 4.54. The summed E-state index contributed by atoms with van der Waals surface area (Å²) in [6.07, 6.45) is -0.0878. The molecule has 6 nitrogen and oxygen atoms in total. The number of hydrogen-bond acceptors (Lipinski definition) is 6. The van der Waals surface area contributed by atoms with E-state index in [9.17, 15) is 14.7 Å². The Kier molecular flexibility index (Phi) is 5.58. The molecule has 2 aromatic carbocycles. The average molecular weight is 387 g/mol. The summed E-state index contributed by atoms with van der Waals surface area (Å²) >= 11 is 5.93. The van der Waals surface area contributed by atoms with Crippen molar-refractivity contribution >= 4 is 29.1 Å². The summed E-state index contributed by atoms with van der Waals surface area (Å²) in [7, 11) is 0. The van der Waals surface area contributed by atoms with Crippen LogP contribution in [-0.2, 0) is 15.3 Å². The lowest BCUT2D eigenvalue weighted by atomic mass is 9.97. The molecule has 0 saturated carbocycles. The summed E-state index contributed by atoms with van der Waals surface area (Å²) in [5.74, 6) is -0.837. The molecule has 1 aliphatic rings. The van der Waals surface area contributed by atoms with Gasteiger partial charge in [-0.1, -0.05) is 54.1 Å². The molecule has 1 unspecified atom stereocenters. The van der Waals surface area contributed by atoms with Crippen LogP contribution < -0.4 is 0 Å². The molecule has 140 valence electrons. The van der Waals surface area contributed by atoms with Crippen molar-refractivity contribution in [2.24, 2.45) is 5.10 Å². The lowest BCUT2D eigenvalue weighted by molar-refractivity contribution is -0.135. The smallest absolute Gasteiger partial charge is 0.354 e. The number of nitrogens with zero attached hydrogens (tertiary/aromatic N) is 2. The van der Waals surface area contributed by atoms with Crippen LogP contribution in [0.15, 0.2) is 59.7 Å². The Labute approximate surface area is 162 Å². The largest absolute Gasteiger partial charge is 0.461 e. The zero-order chi connectivity index (χ0) is 19.4. The second-order valence-electron chi connectivity index (χ2n) is 6.11. The van der Waals surface area contributed by atoms with Crippen molar-refractivity contribution in [3.05, 3.63) is 70.7 Å². The van der Waals surface area contributed by atoms with Gasteiger partial charge in [0.05, 0.1) is 13.0 Å². The molecule has 1 atom stereocenters. The van der Waals surface area contributed by atoms with E-state index in [2.05, 4.69) is 5.10 Å². The first kappa shape index (κ1) is 19.1. The zero-order valence-electron chi connectivity index (χ0n) is 14.8. The fourth-order valence-electron chi connectivity index (χ4n) is 2.90. The molecular weight excluding hydrogens is 368 g/mol. The predicted molar refractivity (Wildman–Crippen MR) is 102 cm³/mol. The number of ketones is 1. The van der Waals surface area contributed by atoms with Gasteiger partial charge < -0.3 is 9.84 Å². The van der Waals surface area contributed by atoms with Crippen molar-refractivity contribution in [1.29, 1.82) is 0 Å². The number of benzene rings is 2. The minimum Gasteiger partial charge on any atom is -0.461 e. The van der Waals surface area contributed by atoms with E-state index >= 15 is 0 Å². The van der Waals surface area contributed by atoms with Gasteiger partial charge in [0, 0.05) is 16.1 Å². The molecule has 0 saturated heterocycles. The molecule has 0 aliphatic carbocycles. The van der Waals surface area contributed by atoms with Crippen LogP contribution in [-0.4, -0.2) is 40.7 Å². The van der Waals surface area contributed by atoms with Crippen LogP contribution >= 0.6 is 11.6 Å². The average Bonchev–Trinajstić information content (AvgIpc) is 3.01. The van der Waals surface area contributed by atoms with E-state index in [4.69, 9.17) is 16.3 Å². The van der Waals surface area contributed by atoms with Crippen LogP contribution in [0.3, 0.4) is 0 Å². The predicted octanol–water partition coefficient (Wildman–Crippen LogP) is 2.99. The van der Waals surface area contributed by atoms with Crippen LogP contribution in [0, 0.1) is 0 Å². The Hall–Kier alpha value is -2.70. The second kappa shape index (κ2) is 7.90. The van der Waals surface area contributed by atoms with E-state index in [1.165, 1.54) is 5.01 Å². The van der Waals surface area contributed by atoms with E-state index in [1.807, 2.05) is 6.07 Å². The maximum atomic E-state index is 12.6. The number of hydrogen-bond donors (Lipinski definition) is 1. The zero-order valence-corrected chi connectivity index (χ0v) is 15.5. The Bertz CT molecular complexity index is 867. The molecule has 2 aromatic rings. The van der Waals surface area contributed by atoms with Crippen molar-refractivity contribution in [3.8, 4) is 0 Å². The molecule has 7 heteroatoms. The molecular formula is C20H19ClN2O4. The maximum absolute atomic E-state index is 12.6. The highest BCUT2D eigenvalue weighted by molar-refractivity contribution is 6.37. The highest BCUT2D eigenvalue weighted by Gasteiger charge is 2.45. The summed E-state index contributed by atoms with van der Waals surface area (Å²) in [6.45, 7) is 1.70.